The summed E-state index contributed by atoms with van der Waals surface area (Å²) >= 11 is 1.34. The van der Waals surface area contributed by atoms with Gasteiger partial charge in [-0.1, -0.05) is 34.6 Å². The summed E-state index contributed by atoms with van der Waals surface area (Å²) in [6, 6.07) is 10.9. The van der Waals surface area contributed by atoms with E-state index in [9.17, 15) is 13.2 Å². The van der Waals surface area contributed by atoms with E-state index in [0.717, 1.165) is 28.9 Å². The molecule has 0 N–H and O–H groups in total. The number of hydrogen-bond acceptors (Lipinski definition) is 7. The summed E-state index contributed by atoms with van der Waals surface area (Å²) in [4.78, 5) is 22.4. The summed E-state index contributed by atoms with van der Waals surface area (Å²) in [6.45, 7) is 8.10. The number of halogens is 1. The average molecular weight is 510 g/mol. The number of aryl methyl sites for hydroxylation is 2. The molecule has 1 aromatic heterocycles. The Morgan fingerprint density at radius 1 is 1.15 bits per heavy atom. The molecule has 1 aliphatic heterocycles. The maximum Gasteiger partial charge on any atom is 0.260 e. The lowest BCUT2D eigenvalue weighted by Crippen LogP contribution is -2.43. The number of ether oxygens (including phenoxy) is 1. The van der Waals surface area contributed by atoms with Crippen molar-refractivity contribution in [2.75, 3.05) is 50.5 Å². The zero-order valence-corrected chi connectivity index (χ0v) is 21.4. The number of morpholine rings is 1. The number of aromatic nitrogens is 1. The summed E-state index contributed by atoms with van der Waals surface area (Å²) in [5, 5.41) is 0.508. The average Bonchev–Trinajstić information content (AvgIpc) is 3.17. The van der Waals surface area contributed by atoms with E-state index in [1.807, 2.05) is 38.1 Å². The van der Waals surface area contributed by atoms with Gasteiger partial charge in [0.05, 0.1) is 22.8 Å². The molecule has 0 bridgehead atoms. The molecule has 1 amide bonds. The fourth-order valence-electron chi connectivity index (χ4n) is 3.93. The highest BCUT2D eigenvalue weighted by Gasteiger charge is 2.25. The van der Waals surface area contributed by atoms with Crippen LogP contribution in [0.2, 0.25) is 0 Å². The Morgan fingerprint density at radius 3 is 2.45 bits per heavy atom. The number of hydrogen-bond donors (Lipinski definition) is 0. The fraction of sp³-hybridized carbons (Fsp3) is 0.391. The molecule has 10 heteroatoms. The van der Waals surface area contributed by atoms with E-state index in [2.05, 4.69) is 9.88 Å². The number of nitrogens with zero attached hydrogens (tertiary/aromatic N) is 3. The minimum Gasteiger partial charge on any atom is -0.379 e. The van der Waals surface area contributed by atoms with Crippen LogP contribution in [0.1, 0.15) is 21.5 Å². The smallest absolute Gasteiger partial charge is 0.260 e. The third-order valence-electron chi connectivity index (χ3n) is 5.46. The van der Waals surface area contributed by atoms with Gasteiger partial charge < -0.3 is 4.74 Å². The fourth-order valence-corrected chi connectivity index (χ4v) is 5.84. The molecule has 4 rings (SSSR count). The Hall–Kier alpha value is -2.04. The van der Waals surface area contributed by atoms with Gasteiger partial charge in [-0.2, -0.15) is 0 Å². The lowest BCUT2D eigenvalue weighted by molar-refractivity contribution is 0.0391. The molecular formula is C23H28ClN3O4S2. The Kier molecular flexibility index (Phi) is 8.13. The van der Waals surface area contributed by atoms with Crippen LogP contribution in [-0.2, 0) is 14.6 Å². The van der Waals surface area contributed by atoms with Gasteiger partial charge in [0.1, 0.15) is 5.52 Å². The number of benzene rings is 2. The predicted molar refractivity (Wildman–Crippen MR) is 135 cm³/mol. The van der Waals surface area contributed by atoms with Gasteiger partial charge >= 0.3 is 0 Å². The minimum atomic E-state index is -3.44. The first kappa shape index (κ1) is 25.6. The quantitative estimate of drug-likeness (QED) is 0.504. The molecule has 1 fully saturated rings. The van der Waals surface area contributed by atoms with Crippen LogP contribution in [0.15, 0.2) is 41.3 Å². The van der Waals surface area contributed by atoms with Gasteiger partial charge in [0.25, 0.3) is 5.91 Å². The van der Waals surface area contributed by atoms with Crippen molar-refractivity contribution in [2.45, 2.75) is 18.7 Å². The Balaban J connectivity index is 0.00000306. The molecule has 2 aromatic carbocycles. The van der Waals surface area contributed by atoms with E-state index in [1.165, 1.54) is 17.6 Å². The van der Waals surface area contributed by atoms with Crippen molar-refractivity contribution in [3.05, 3.63) is 53.1 Å². The summed E-state index contributed by atoms with van der Waals surface area (Å²) in [5.74, 6) is -0.134. The van der Waals surface area contributed by atoms with Gasteiger partial charge in [-0.3, -0.25) is 14.6 Å². The van der Waals surface area contributed by atoms with Crippen LogP contribution in [0.25, 0.3) is 10.2 Å². The molecule has 0 unspecified atom stereocenters. The van der Waals surface area contributed by atoms with Crippen molar-refractivity contribution in [1.29, 1.82) is 0 Å². The normalized spacial score (nSPS) is 14.8. The Morgan fingerprint density at radius 2 is 1.82 bits per heavy atom. The van der Waals surface area contributed by atoms with Crippen LogP contribution < -0.4 is 4.90 Å². The number of sulfone groups is 1. The van der Waals surface area contributed by atoms with E-state index in [1.54, 1.807) is 17.0 Å². The van der Waals surface area contributed by atoms with E-state index in [4.69, 9.17) is 4.74 Å². The van der Waals surface area contributed by atoms with E-state index >= 15 is 0 Å². The molecule has 7 nitrogen and oxygen atoms in total. The second-order valence-electron chi connectivity index (χ2n) is 8.16. The summed E-state index contributed by atoms with van der Waals surface area (Å²) in [5.41, 5.74) is 3.06. The molecule has 33 heavy (non-hydrogen) atoms. The molecule has 0 spiro atoms. The highest BCUT2D eigenvalue weighted by atomic mass is 35.5. The third-order valence-corrected chi connectivity index (χ3v) is 7.63. The summed E-state index contributed by atoms with van der Waals surface area (Å²) in [7, 11) is -3.44. The number of anilines is 1. The number of rotatable bonds is 6. The van der Waals surface area contributed by atoms with Gasteiger partial charge in [0.15, 0.2) is 15.0 Å². The van der Waals surface area contributed by atoms with Gasteiger partial charge in [0.2, 0.25) is 0 Å². The topological polar surface area (TPSA) is 79.8 Å². The van der Waals surface area contributed by atoms with Gasteiger partial charge in [-0.15, -0.1) is 12.4 Å². The molecule has 3 aromatic rings. The van der Waals surface area contributed by atoms with E-state index in [0.29, 0.717) is 42.5 Å². The van der Waals surface area contributed by atoms with E-state index in [-0.39, 0.29) is 23.2 Å². The van der Waals surface area contributed by atoms with Crippen molar-refractivity contribution in [2.24, 2.45) is 0 Å². The van der Waals surface area contributed by atoms with Crippen LogP contribution in [0.4, 0.5) is 5.13 Å². The molecule has 0 radical (unpaired) electrons. The third kappa shape index (κ3) is 5.91. The zero-order valence-electron chi connectivity index (χ0n) is 18.9. The second-order valence-corrected chi connectivity index (χ2v) is 11.2. The first-order valence-corrected chi connectivity index (χ1v) is 13.2. The van der Waals surface area contributed by atoms with Gasteiger partial charge in [-0.25, -0.2) is 13.4 Å². The standard InChI is InChI=1S/C23H27N3O4S2.ClH/c1-16-13-17(2)15-18(14-16)22(27)26(8-7-25-9-11-30-12-10-25)23-24-21-19(31-23)5-4-6-20(21)32(3,28)29;/h4-6,13-15H,7-12H2,1-3H3;1H. The number of thiazole rings is 1. The number of fused-ring (bicyclic) bond motifs is 1. The maximum atomic E-state index is 13.6. The van der Waals surface area contributed by atoms with Gasteiger partial charge in [-0.05, 0) is 38.1 Å². The zero-order chi connectivity index (χ0) is 22.9. The summed E-state index contributed by atoms with van der Waals surface area (Å²) < 4.78 is 30.7. The lowest BCUT2D eigenvalue weighted by Gasteiger charge is -2.29. The molecule has 0 aliphatic carbocycles. The lowest BCUT2D eigenvalue weighted by atomic mass is 10.1. The molecule has 1 saturated heterocycles. The number of amides is 1. The predicted octanol–water partition coefficient (Wildman–Crippen LogP) is 3.72. The minimum absolute atomic E-state index is 0. The van der Waals surface area contributed by atoms with Crippen molar-refractivity contribution < 1.29 is 17.9 Å². The molecule has 178 valence electrons. The largest absolute Gasteiger partial charge is 0.379 e. The molecule has 2 heterocycles. The number of carbonyl (C=O) groups is 1. The molecule has 1 aliphatic rings. The van der Waals surface area contributed by atoms with Crippen LogP contribution in [-0.4, -0.2) is 69.9 Å². The Bertz CT molecular complexity index is 1230. The maximum absolute atomic E-state index is 13.6. The van der Waals surface area contributed by atoms with E-state index < -0.39 is 9.84 Å². The molecule has 0 saturated carbocycles. The van der Waals surface area contributed by atoms with Crippen LogP contribution in [0.5, 0.6) is 0 Å². The van der Waals surface area contributed by atoms with Crippen LogP contribution >= 0.6 is 23.7 Å². The molecular weight excluding hydrogens is 482 g/mol. The Labute approximate surface area is 204 Å². The first-order valence-electron chi connectivity index (χ1n) is 10.5. The number of para-hydroxylation sites is 1. The van der Waals surface area contributed by atoms with Crippen molar-refractivity contribution in [1.82, 2.24) is 9.88 Å². The molecule has 0 atom stereocenters. The van der Waals surface area contributed by atoms with Crippen LogP contribution in [0, 0.1) is 13.8 Å². The van der Waals surface area contributed by atoms with Crippen molar-refractivity contribution in [3.8, 4) is 0 Å². The highest BCUT2D eigenvalue weighted by Crippen LogP contribution is 2.33. The number of carbonyl (C=O) groups excluding carboxylic acids is 1. The SMILES string of the molecule is Cc1cc(C)cc(C(=O)N(CCN2CCOCC2)c2nc3c(S(C)(=O)=O)cccc3s2)c1.Cl. The second kappa shape index (κ2) is 10.5. The monoisotopic (exact) mass is 509 g/mol. The van der Waals surface area contributed by atoms with Crippen molar-refractivity contribution >= 4 is 54.8 Å². The summed E-state index contributed by atoms with van der Waals surface area (Å²) in [6.07, 6.45) is 1.18. The highest BCUT2D eigenvalue weighted by molar-refractivity contribution is 7.91. The van der Waals surface area contributed by atoms with Crippen LogP contribution in [0.3, 0.4) is 0 Å². The first-order chi connectivity index (χ1) is 15.2. The van der Waals surface area contributed by atoms with Gasteiger partial charge in [0, 0.05) is 38.0 Å². The van der Waals surface area contributed by atoms with Crippen molar-refractivity contribution in [3.63, 3.8) is 0 Å².